The zero-order chi connectivity index (χ0) is 19.1. The first-order valence-electron chi connectivity index (χ1n) is 9.66. The number of nitrogen functional groups attached to an aromatic ring is 1. The number of aromatic nitrogens is 2. The molecule has 0 spiro atoms. The van der Waals surface area contributed by atoms with Crippen LogP contribution in [0, 0.1) is 19.8 Å². The molecule has 5 rings (SSSR count). The van der Waals surface area contributed by atoms with Crippen molar-refractivity contribution in [2.24, 2.45) is 5.92 Å². The summed E-state index contributed by atoms with van der Waals surface area (Å²) in [6, 6.07) is 0.241. The zero-order valence-electron chi connectivity index (χ0n) is 16.2. The molecule has 146 valence electrons. The molecular weight excluding hydrogens is 362 g/mol. The number of hydrogen-bond acceptors (Lipinski definition) is 7. The Kier molecular flexibility index (Phi) is 4.94. The Bertz CT molecular complexity index is 826. The fourth-order valence-electron chi connectivity index (χ4n) is 4.42. The first kappa shape index (κ1) is 18.4. The van der Waals surface area contributed by atoms with Gasteiger partial charge in [-0.25, -0.2) is 4.98 Å². The van der Waals surface area contributed by atoms with Crippen LogP contribution in [0.15, 0.2) is 4.52 Å². The third-order valence-electron chi connectivity index (χ3n) is 5.86. The monoisotopic (exact) mass is 389 g/mol. The van der Waals surface area contributed by atoms with Gasteiger partial charge in [-0.1, -0.05) is 23.4 Å². The molecule has 0 radical (unpaired) electrons. The lowest BCUT2D eigenvalue weighted by Gasteiger charge is -2.36. The van der Waals surface area contributed by atoms with Gasteiger partial charge in [0.2, 0.25) is 0 Å². The second kappa shape index (κ2) is 7.24. The zero-order valence-corrected chi connectivity index (χ0v) is 17.0. The van der Waals surface area contributed by atoms with Gasteiger partial charge in [0, 0.05) is 37.8 Å². The fourth-order valence-corrected chi connectivity index (χ4v) is 5.29. The number of anilines is 1. The summed E-state index contributed by atoms with van der Waals surface area (Å²) in [6.07, 6.45) is 2.97. The number of fused-ring (bicyclic) bond motifs is 4. The van der Waals surface area contributed by atoms with Crippen molar-refractivity contribution in [3.8, 4) is 0 Å². The van der Waals surface area contributed by atoms with Gasteiger partial charge in [0.1, 0.15) is 10.6 Å². The molecule has 0 saturated carbocycles. The van der Waals surface area contributed by atoms with E-state index in [0.717, 1.165) is 61.0 Å². The van der Waals surface area contributed by atoms with Crippen LogP contribution in [0.4, 0.5) is 5.13 Å². The molecule has 5 heterocycles. The van der Waals surface area contributed by atoms with Gasteiger partial charge < -0.3 is 15.2 Å². The summed E-state index contributed by atoms with van der Waals surface area (Å²) in [7, 11) is 0. The number of carbonyl (C=O) groups excluding carboxylic acids is 1. The molecule has 2 aromatic heterocycles. The van der Waals surface area contributed by atoms with Crippen molar-refractivity contribution in [3.05, 3.63) is 27.6 Å². The van der Waals surface area contributed by atoms with Gasteiger partial charge in [-0.2, -0.15) is 0 Å². The minimum atomic E-state index is 0.106. The first-order chi connectivity index (χ1) is 13.0. The van der Waals surface area contributed by atoms with Crippen LogP contribution >= 0.6 is 11.3 Å². The van der Waals surface area contributed by atoms with Gasteiger partial charge in [-0.15, -0.1) is 0 Å². The third-order valence-corrected chi connectivity index (χ3v) is 6.77. The average molecular weight is 390 g/mol. The van der Waals surface area contributed by atoms with Crippen LogP contribution in [0.2, 0.25) is 0 Å². The lowest BCUT2D eigenvalue weighted by molar-refractivity contribution is 0.0588. The molecule has 3 aliphatic heterocycles. The number of amides is 1. The Morgan fingerprint density at radius 2 is 2.11 bits per heavy atom. The van der Waals surface area contributed by atoms with Crippen LogP contribution in [0.3, 0.4) is 0 Å². The van der Waals surface area contributed by atoms with Crippen molar-refractivity contribution in [1.29, 1.82) is 0 Å². The van der Waals surface area contributed by atoms with Gasteiger partial charge >= 0.3 is 0 Å². The molecular formula is C19H27N5O2S. The van der Waals surface area contributed by atoms with E-state index in [0.29, 0.717) is 11.0 Å². The van der Waals surface area contributed by atoms with Gasteiger partial charge in [-0.05, 0) is 39.0 Å². The molecule has 3 aliphatic rings. The normalized spacial score (nSPS) is 23.0. The SMILES string of the molecule is CCc1nc(N)sc1C(=O)N1C[C@H]2CC[C@@H]1CN(Cc1c(C)noc1C)C2. The standard InChI is InChI=1S/C19H27N5O2S/c1-4-16-17(27-19(20)21-16)18(25)24-8-13-5-6-14(24)9-23(7-13)10-15-11(2)22-26-12(15)3/h13-14H,4-10H2,1-3H3,(H2,20,21)/t13-,14+/m0/s1. The van der Waals surface area contributed by atoms with Crippen LogP contribution in [0.5, 0.6) is 0 Å². The van der Waals surface area contributed by atoms with Gasteiger partial charge in [-0.3, -0.25) is 9.69 Å². The molecule has 0 aromatic carbocycles. The highest BCUT2D eigenvalue weighted by Gasteiger charge is 2.38. The van der Waals surface area contributed by atoms with Crippen molar-refractivity contribution in [2.45, 2.75) is 52.6 Å². The molecule has 2 atom stereocenters. The Morgan fingerprint density at radius 1 is 1.30 bits per heavy atom. The predicted octanol–water partition coefficient (Wildman–Crippen LogP) is 2.63. The molecule has 0 aliphatic carbocycles. The maximum Gasteiger partial charge on any atom is 0.266 e. The molecule has 7 nitrogen and oxygen atoms in total. The maximum atomic E-state index is 13.3. The van der Waals surface area contributed by atoms with Crippen molar-refractivity contribution >= 4 is 22.4 Å². The summed E-state index contributed by atoms with van der Waals surface area (Å²) >= 11 is 1.32. The van der Waals surface area contributed by atoms with Gasteiger partial charge in [0.15, 0.2) is 5.13 Å². The number of aryl methyl sites for hydroxylation is 3. The number of hydrogen-bond donors (Lipinski definition) is 1. The largest absolute Gasteiger partial charge is 0.375 e. The Morgan fingerprint density at radius 3 is 2.81 bits per heavy atom. The highest BCUT2D eigenvalue weighted by Crippen LogP contribution is 2.32. The van der Waals surface area contributed by atoms with Crippen LogP contribution in [0.1, 0.15) is 52.1 Å². The number of carbonyl (C=O) groups is 1. The summed E-state index contributed by atoms with van der Waals surface area (Å²) < 4.78 is 5.32. The van der Waals surface area contributed by atoms with E-state index in [1.165, 1.54) is 23.3 Å². The van der Waals surface area contributed by atoms with Crippen LogP contribution in [-0.4, -0.2) is 51.5 Å². The minimum absolute atomic E-state index is 0.106. The van der Waals surface area contributed by atoms with Crippen molar-refractivity contribution in [1.82, 2.24) is 19.9 Å². The molecule has 2 aromatic rings. The number of rotatable bonds is 4. The number of piperidine rings is 1. The quantitative estimate of drug-likeness (QED) is 0.865. The van der Waals surface area contributed by atoms with E-state index in [2.05, 4.69) is 19.9 Å². The molecule has 8 heteroatoms. The summed E-state index contributed by atoms with van der Waals surface area (Å²) in [5.74, 6) is 1.50. The molecule has 3 saturated heterocycles. The maximum absolute atomic E-state index is 13.3. The second-order valence-electron chi connectivity index (χ2n) is 7.73. The third kappa shape index (κ3) is 3.48. The van der Waals surface area contributed by atoms with Crippen LogP contribution in [0.25, 0.3) is 0 Å². The summed E-state index contributed by atoms with van der Waals surface area (Å²) in [5.41, 5.74) is 8.84. The minimum Gasteiger partial charge on any atom is -0.375 e. The van der Waals surface area contributed by atoms with Crippen LogP contribution < -0.4 is 5.73 Å². The Hall–Kier alpha value is -1.93. The fraction of sp³-hybridized carbons (Fsp3) is 0.632. The number of thiazole rings is 1. The molecule has 3 fully saturated rings. The highest BCUT2D eigenvalue weighted by atomic mass is 32.1. The van der Waals surface area contributed by atoms with E-state index in [1.807, 2.05) is 20.8 Å². The lowest BCUT2D eigenvalue weighted by atomic mass is 9.94. The van der Waals surface area contributed by atoms with Gasteiger partial charge in [0.25, 0.3) is 5.91 Å². The molecule has 0 unspecified atom stereocenters. The van der Waals surface area contributed by atoms with E-state index in [1.54, 1.807) is 0 Å². The Balaban J connectivity index is 1.53. The van der Waals surface area contributed by atoms with E-state index in [-0.39, 0.29) is 11.9 Å². The smallest absolute Gasteiger partial charge is 0.266 e. The van der Waals surface area contributed by atoms with E-state index in [9.17, 15) is 4.79 Å². The summed E-state index contributed by atoms with van der Waals surface area (Å²) in [4.78, 5) is 22.9. The average Bonchev–Trinajstić information content (AvgIpc) is 3.03. The molecule has 27 heavy (non-hydrogen) atoms. The van der Waals surface area contributed by atoms with Crippen LogP contribution in [-0.2, 0) is 13.0 Å². The van der Waals surface area contributed by atoms with Crippen molar-refractivity contribution in [2.75, 3.05) is 25.4 Å². The van der Waals surface area contributed by atoms with Crippen molar-refractivity contribution < 1.29 is 9.32 Å². The Labute approximate surface area is 163 Å². The topological polar surface area (TPSA) is 88.5 Å². The van der Waals surface area contributed by atoms with E-state index < -0.39 is 0 Å². The first-order valence-corrected chi connectivity index (χ1v) is 10.5. The summed E-state index contributed by atoms with van der Waals surface area (Å²) in [5, 5.41) is 4.56. The summed E-state index contributed by atoms with van der Waals surface area (Å²) in [6.45, 7) is 9.54. The molecule has 1 amide bonds. The highest BCUT2D eigenvalue weighted by molar-refractivity contribution is 7.17. The van der Waals surface area contributed by atoms with Crippen molar-refractivity contribution in [3.63, 3.8) is 0 Å². The number of nitrogens with two attached hydrogens (primary N) is 1. The second-order valence-corrected chi connectivity index (χ2v) is 8.76. The van der Waals surface area contributed by atoms with Gasteiger partial charge in [0.05, 0.1) is 11.4 Å². The number of nitrogens with zero attached hydrogens (tertiary/aromatic N) is 4. The molecule has 2 bridgehead atoms. The van der Waals surface area contributed by atoms with E-state index in [4.69, 9.17) is 10.3 Å². The molecule has 2 N–H and O–H groups in total. The van der Waals surface area contributed by atoms with E-state index >= 15 is 0 Å². The lowest BCUT2D eigenvalue weighted by Crippen LogP contribution is -2.47. The predicted molar refractivity (Wildman–Crippen MR) is 105 cm³/mol.